The number of halogens is 1. The lowest BCUT2D eigenvalue weighted by atomic mass is 10.2. The van der Waals surface area contributed by atoms with E-state index in [2.05, 4.69) is 10.9 Å². The van der Waals surface area contributed by atoms with Crippen LogP contribution in [0.15, 0.2) is 78.9 Å². The van der Waals surface area contributed by atoms with Gasteiger partial charge in [0.25, 0.3) is 11.8 Å². The monoisotopic (exact) mass is 410 g/mol. The number of para-hydroxylation sites is 1. The molecule has 6 nitrogen and oxygen atoms in total. The minimum absolute atomic E-state index is 0.327. The number of hydrazine groups is 1. The Kier molecular flexibility index (Phi) is 7.08. The van der Waals surface area contributed by atoms with Gasteiger partial charge >= 0.3 is 0 Å². The highest BCUT2D eigenvalue weighted by Crippen LogP contribution is 2.14. The smallest absolute Gasteiger partial charge is 0.269 e. The zero-order chi connectivity index (χ0) is 20.5. The lowest BCUT2D eigenvalue weighted by molar-refractivity contribution is 0.0846. The second-order valence-corrected chi connectivity index (χ2v) is 6.39. The van der Waals surface area contributed by atoms with Gasteiger partial charge in [0, 0.05) is 16.1 Å². The van der Waals surface area contributed by atoms with Crippen molar-refractivity contribution < 1.29 is 19.1 Å². The van der Waals surface area contributed by atoms with Crippen LogP contribution < -0.4 is 20.3 Å². The van der Waals surface area contributed by atoms with Crippen LogP contribution in [0, 0.1) is 0 Å². The van der Waals surface area contributed by atoms with Gasteiger partial charge in [0.05, 0.1) is 0 Å². The molecule has 148 valence electrons. The molecule has 0 fully saturated rings. The molecule has 0 aliphatic carbocycles. The summed E-state index contributed by atoms with van der Waals surface area (Å²) < 4.78 is 11.2. The van der Waals surface area contributed by atoms with Crippen LogP contribution in [0.1, 0.15) is 20.7 Å². The molecule has 0 unspecified atom stereocenters. The largest absolute Gasteiger partial charge is 0.490 e. The maximum absolute atomic E-state index is 12.3. The first-order valence-corrected chi connectivity index (χ1v) is 9.26. The number of carbonyl (C=O) groups is 2. The third-order valence-electron chi connectivity index (χ3n) is 3.86. The van der Waals surface area contributed by atoms with Crippen molar-refractivity contribution in [3.05, 3.63) is 95.0 Å². The van der Waals surface area contributed by atoms with Gasteiger partial charge in [-0.05, 0) is 54.6 Å². The molecule has 3 aromatic rings. The molecule has 0 aromatic heterocycles. The molecule has 0 aliphatic heterocycles. The molecule has 0 saturated carbocycles. The Bertz CT molecular complexity index is 962. The molecule has 0 radical (unpaired) electrons. The molecular formula is C22H19ClN2O4. The third kappa shape index (κ3) is 6.26. The number of hydrogen-bond donors (Lipinski definition) is 2. The van der Waals surface area contributed by atoms with Crippen LogP contribution in [0.25, 0.3) is 0 Å². The van der Waals surface area contributed by atoms with E-state index in [1.807, 2.05) is 30.3 Å². The lowest BCUT2D eigenvalue weighted by Crippen LogP contribution is -2.41. The Labute approximate surface area is 173 Å². The average Bonchev–Trinajstić information content (AvgIpc) is 2.76. The maximum atomic E-state index is 12.3. The number of amides is 2. The predicted molar refractivity (Wildman–Crippen MR) is 110 cm³/mol. The van der Waals surface area contributed by atoms with E-state index in [9.17, 15) is 9.59 Å². The number of nitrogens with one attached hydrogen (secondary N) is 2. The SMILES string of the molecule is O=C(NNC(=O)c1cccc(OCCOc2ccccc2)c1)c1ccc(Cl)cc1. The highest BCUT2D eigenvalue weighted by atomic mass is 35.5. The van der Waals surface area contributed by atoms with E-state index >= 15 is 0 Å². The van der Waals surface area contributed by atoms with Crippen molar-refractivity contribution >= 4 is 23.4 Å². The molecule has 3 rings (SSSR count). The van der Waals surface area contributed by atoms with Crippen LogP contribution in [0.2, 0.25) is 5.02 Å². The van der Waals surface area contributed by atoms with E-state index in [-0.39, 0.29) is 0 Å². The topological polar surface area (TPSA) is 76.7 Å². The molecule has 0 heterocycles. The van der Waals surface area contributed by atoms with Crippen LogP contribution in [-0.2, 0) is 0 Å². The molecule has 2 N–H and O–H groups in total. The Morgan fingerprint density at radius 2 is 1.28 bits per heavy atom. The second kappa shape index (κ2) is 10.1. The molecule has 0 bridgehead atoms. The standard InChI is InChI=1S/C22H19ClN2O4/c23-18-11-9-16(10-12-18)21(26)24-25-22(27)17-5-4-8-20(15-17)29-14-13-28-19-6-2-1-3-7-19/h1-12,15H,13-14H2,(H,24,26)(H,25,27). The zero-order valence-corrected chi connectivity index (χ0v) is 16.2. The minimum atomic E-state index is -0.460. The first-order chi connectivity index (χ1) is 14.1. The normalized spacial score (nSPS) is 10.1. The highest BCUT2D eigenvalue weighted by molar-refractivity contribution is 6.30. The number of rotatable bonds is 7. The first-order valence-electron chi connectivity index (χ1n) is 8.89. The fourth-order valence-electron chi connectivity index (χ4n) is 2.42. The summed E-state index contributed by atoms with van der Waals surface area (Å²) in [4.78, 5) is 24.3. The zero-order valence-electron chi connectivity index (χ0n) is 15.4. The second-order valence-electron chi connectivity index (χ2n) is 5.95. The summed E-state index contributed by atoms with van der Waals surface area (Å²) >= 11 is 5.79. The van der Waals surface area contributed by atoms with Crippen LogP contribution in [-0.4, -0.2) is 25.0 Å². The lowest BCUT2D eigenvalue weighted by Gasteiger charge is -2.10. The summed E-state index contributed by atoms with van der Waals surface area (Å²) in [7, 11) is 0. The van der Waals surface area contributed by atoms with Gasteiger partial charge in [-0.15, -0.1) is 0 Å². The molecule has 0 spiro atoms. The van der Waals surface area contributed by atoms with Crippen molar-refractivity contribution in [3.8, 4) is 11.5 Å². The van der Waals surface area contributed by atoms with Crippen LogP contribution >= 0.6 is 11.6 Å². The summed E-state index contributed by atoms with van der Waals surface area (Å²) in [6.07, 6.45) is 0. The van der Waals surface area contributed by atoms with Crippen molar-refractivity contribution in [2.24, 2.45) is 0 Å². The van der Waals surface area contributed by atoms with Gasteiger partial charge in [0.2, 0.25) is 0 Å². The van der Waals surface area contributed by atoms with E-state index in [1.165, 1.54) is 0 Å². The van der Waals surface area contributed by atoms with Gasteiger partial charge in [-0.25, -0.2) is 0 Å². The summed E-state index contributed by atoms with van der Waals surface area (Å²) in [5.41, 5.74) is 5.47. The highest BCUT2D eigenvalue weighted by Gasteiger charge is 2.10. The average molecular weight is 411 g/mol. The van der Waals surface area contributed by atoms with Crippen LogP contribution in [0.3, 0.4) is 0 Å². The molecule has 0 atom stereocenters. The fraction of sp³-hybridized carbons (Fsp3) is 0.0909. The van der Waals surface area contributed by atoms with Crippen molar-refractivity contribution in [1.29, 1.82) is 0 Å². The van der Waals surface area contributed by atoms with E-state index in [1.54, 1.807) is 48.5 Å². The maximum Gasteiger partial charge on any atom is 0.269 e. The van der Waals surface area contributed by atoms with Crippen molar-refractivity contribution in [1.82, 2.24) is 10.9 Å². The molecule has 3 aromatic carbocycles. The van der Waals surface area contributed by atoms with Crippen LogP contribution in [0.4, 0.5) is 0 Å². The number of benzene rings is 3. The minimum Gasteiger partial charge on any atom is -0.490 e. The molecule has 2 amide bonds. The van der Waals surface area contributed by atoms with Crippen molar-refractivity contribution in [2.45, 2.75) is 0 Å². The number of hydrogen-bond acceptors (Lipinski definition) is 4. The summed E-state index contributed by atoms with van der Waals surface area (Å²) in [6, 6.07) is 22.4. The Morgan fingerprint density at radius 1 is 0.690 bits per heavy atom. The van der Waals surface area contributed by atoms with Gasteiger partial charge in [-0.3, -0.25) is 20.4 Å². The summed E-state index contributed by atoms with van der Waals surface area (Å²) in [5, 5.41) is 0.525. The molecule has 0 saturated heterocycles. The Morgan fingerprint density at radius 3 is 1.97 bits per heavy atom. The Hall–Kier alpha value is -3.51. The number of carbonyl (C=O) groups excluding carboxylic acids is 2. The van der Waals surface area contributed by atoms with E-state index < -0.39 is 11.8 Å². The van der Waals surface area contributed by atoms with E-state index in [4.69, 9.17) is 21.1 Å². The van der Waals surface area contributed by atoms with Gasteiger partial charge in [-0.2, -0.15) is 0 Å². The predicted octanol–water partition coefficient (Wildman–Crippen LogP) is 3.87. The van der Waals surface area contributed by atoms with Gasteiger partial charge in [-0.1, -0.05) is 35.9 Å². The first kappa shape index (κ1) is 20.2. The summed E-state index contributed by atoms with van der Waals surface area (Å²) in [5.74, 6) is 0.387. The van der Waals surface area contributed by atoms with E-state index in [0.29, 0.717) is 35.1 Å². The summed E-state index contributed by atoms with van der Waals surface area (Å²) in [6.45, 7) is 0.699. The van der Waals surface area contributed by atoms with Crippen molar-refractivity contribution in [3.63, 3.8) is 0 Å². The van der Waals surface area contributed by atoms with Gasteiger partial charge in [0.15, 0.2) is 0 Å². The molecule has 0 aliphatic rings. The molecule has 29 heavy (non-hydrogen) atoms. The molecule has 7 heteroatoms. The van der Waals surface area contributed by atoms with Gasteiger partial charge < -0.3 is 9.47 Å². The van der Waals surface area contributed by atoms with Crippen LogP contribution in [0.5, 0.6) is 11.5 Å². The fourth-order valence-corrected chi connectivity index (χ4v) is 2.55. The Balaban J connectivity index is 1.47. The third-order valence-corrected chi connectivity index (χ3v) is 4.11. The van der Waals surface area contributed by atoms with Gasteiger partial charge in [0.1, 0.15) is 24.7 Å². The quantitative estimate of drug-likeness (QED) is 0.458. The molecular weight excluding hydrogens is 392 g/mol. The van der Waals surface area contributed by atoms with E-state index in [0.717, 1.165) is 5.75 Å². The number of ether oxygens (including phenoxy) is 2. The van der Waals surface area contributed by atoms with Crippen molar-refractivity contribution in [2.75, 3.05) is 13.2 Å².